The molecule has 2 aliphatic heterocycles. The first-order valence-corrected chi connectivity index (χ1v) is 10.9. The van der Waals surface area contributed by atoms with Crippen molar-refractivity contribution in [3.05, 3.63) is 48.3 Å². The zero-order valence-electron chi connectivity index (χ0n) is 17.9. The van der Waals surface area contributed by atoms with Crippen LogP contribution >= 0.6 is 0 Å². The molecule has 7 heteroatoms. The van der Waals surface area contributed by atoms with Gasteiger partial charge >= 0.3 is 6.03 Å². The van der Waals surface area contributed by atoms with Crippen LogP contribution in [0, 0.1) is 0 Å². The van der Waals surface area contributed by atoms with Gasteiger partial charge in [-0.15, -0.1) is 0 Å². The molecule has 2 aliphatic rings. The van der Waals surface area contributed by atoms with Crippen molar-refractivity contribution in [1.29, 1.82) is 0 Å². The molecule has 3 N–H and O–H groups in total. The van der Waals surface area contributed by atoms with Gasteiger partial charge < -0.3 is 25.1 Å². The molecule has 0 saturated carbocycles. The third-order valence-corrected chi connectivity index (χ3v) is 6.15. The van der Waals surface area contributed by atoms with Crippen molar-refractivity contribution in [3.63, 3.8) is 0 Å². The van der Waals surface area contributed by atoms with Crippen LogP contribution in [-0.4, -0.2) is 40.9 Å². The normalized spacial score (nSPS) is 19.8. The number of rotatable bonds is 3. The summed E-state index contributed by atoms with van der Waals surface area (Å²) in [5.74, 6) is 0.836. The number of amides is 2. The molecular formula is C24H28N4O3. The van der Waals surface area contributed by atoms with Crippen LogP contribution in [-0.2, 0) is 4.74 Å². The topological polar surface area (TPSA) is 88.3 Å². The van der Waals surface area contributed by atoms with E-state index in [1.54, 1.807) is 0 Å². The Morgan fingerprint density at radius 3 is 2.84 bits per heavy atom. The molecule has 2 amide bonds. The van der Waals surface area contributed by atoms with E-state index < -0.39 is 0 Å². The second-order valence-electron chi connectivity index (χ2n) is 8.82. The predicted molar refractivity (Wildman–Crippen MR) is 119 cm³/mol. The van der Waals surface area contributed by atoms with E-state index in [9.17, 15) is 4.79 Å². The molecule has 31 heavy (non-hydrogen) atoms. The molecule has 162 valence electrons. The minimum atomic E-state index is -0.297. The second kappa shape index (κ2) is 7.89. The number of hydrogen-bond donors (Lipinski definition) is 3. The number of carbonyl (C=O) groups excluding carboxylic acids is 1. The summed E-state index contributed by atoms with van der Waals surface area (Å²) in [7, 11) is 0. The fourth-order valence-corrected chi connectivity index (χ4v) is 4.59. The van der Waals surface area contributed by atoms with Gasteiger partial charge in [-0.2, -0.15) is 0 Å². The number of hydrogen-bond acceptors (Lipinski definition) is 4. The number of aromatic amines is 1. The lowest BCUT2D eigenvalue weighted by molar-refractivity contribution is -0.0637. The average Bonchev–Trinajstić information content (AvgIpc) is 3.21. The molecule has 1 saturated heterocycles. The van der Waals surface area contributed by atoms with Crippen molar-refractivity contribution in [1.82, 2.24) is 20.6 Å². The highest BCUT2D eigenvalue weighted by molar-refractivity contribution is 5.82. The van der Waals surface area contributed by atoms with Crippen LogP contribution in [0.25, 0.3) is 22.2 Å². The lowest BCUT2D eigenvalue weighted by atomic mass is 9.81. The molecule has 1 spiro atoms. The number of fused-ring (bicyclic) bond motifs is 2. The molecule has 0 bridgehead atoms. The Morgan fingerprint density at radius 2 is 2.03 bits per heavy atom. The Bertz CT molecular complexity index is 1100. The first-order valence-electron chi connectivity index (χ1n) is 10.9. The van der Waals surface area contributed by atoms with Crippen molar-refractivity contribution in [2.75, 3.05) is 13.2 Å². The quantitative estimate of drug-likeness (QED) is 0.589. The first kappa shape index (κ1) is 19.9. The maximum absolute atomic E-state index is 12.6. The SMILES string of the molecule is CC(C)NC(=O)NC1CC2(CCOCC2)Oc2ccc(-c3cnc4[nH]ccc4c3)cc21. The Morgan fingerprint density at radius 1 is 1.19 bits per heavy atom. The van der Waals surface area contributed by atoms with Crippen molar-refractivity contribution in [2.24, 2.45) is 0 Å². The minimum Gasteiger partial charge on any atom is -0.487 e. The summed E-state index contributed by atoms with van der Waals surface area (Å²) in [6.45, 7) is 5.28. The lowest BCUT2D eigenvalue weighted by Gasteiger charge is -2.44. The largest absolute Gasteiger partial charge is 0.487 e. The molecule has 2 aromatic heterocycles. The van der Waals surface area contributed by atoms with E-state index in [1.807, 2.05) is 38.4 Å². The van der Waals surface area contributed by atoms with Crippen LogP contribution in [0.4, 0.5) is 4.79 Å². The van der Waals surface area contributed by atoms with E-state index in [1.165, 1.54) is 0 Å². The number of ether oxygens (including phenoxy) is 2. The lowest BCUT2D eigenvalue weighted by Crippen LogP contribution is -2.50. The summed E-state index contributed by atoms with van der Waals surface area (Å²) in [5.41, 5.74) is 3.66. The Kier molecular flexibility index (Phi) is 5.06. The predicted octanol–water partition coefficient (Wildman–Crippen LogP) is 4.31. The molecule has 1 atom stereocenters. The van der Waals surface area contributed by atoms with E-state index >= 15 is 0 Å². The Balaban J connectivity index is 1.51. The van der Waals surface area contributed by atoms with Gasteiger partial charge in [0.05, 0.1) is 19.3 Å². The molecular weight excluding hydrogens is 392 g/mol. The number of urea groups is 1. The summed E-state index contributed by atoms with van der Waals surface area (Å²) in [5, 5.41) is 7.21. The summed E-state index contributed by atoms with van der Waals surface area (Å²) in [4.78, 5) is 20.2. The van der Waals surface area contributed by atoms with Crippen LogP contribution in [0.5, 0.6) is 5.75 Å². The van der Waals surface area contributed by atoms with Gasteiger partial charge in [-0.25, -0.2) is 9.78 Å². The van der Waals surface area contributed by atoms with Gasteiger partial charge in [0.1, 0.15) is 17.0 Å². The Labute approximate surface area is 181 Å². The number of nitrogens with one attached hydrogen (secondary N) is 3. The van der Waals surface area contributed by atoms with Gasteiger partial charge in [-0.1, -0.05) is 6.07 Å². The molecule has 3 aromatic rings. The van der Waals surface area contributed by atoms with Crippen molar-refractivity contribution in [2.45, 2.75) is 50.8 Å². The van der Waals surface area contributed by atoms with Crippen molar-refractivity contribution in [3.8, 4) is 16.9 Å². The molecule has 0 aliphatic carbocycles. The van der Waals surface area contributed by atoms with Crippen LogP contribution < -0.4 is 15.4 Å². The van der Waals surface area contributed by atoms with Crippen molar-refractivity contribution >= 4 is 17.1 Å². The number of pyridine rings is 1. The fourth-order valence-electron chi connectivity index (χ4n) is 4.59. The molecule has 1 aromatic carbocycles. The average molecular weight is 421 g/mol. The third kappa shape index (κ3) is 3.97. The van der Waals surface area contributed by atoms with Crippen LogP contribution in [0.15, 0.2) is 42.7 Å². The smallest absolute Gasteiger partial charge is 0.315 e. The van der Waals surface area contributed by atoms with Gasteiger partial charge in [-0.05, 0) is 43.7 Å². The van der Waals surface area contributed by atoms with Gasteiger partial charge in [0.2, 0.25) is 0 Å². The van der Waals surface area contributed by atoms with Crippen molar-refractivity contribution < 1.29 is 14.3 Å². The standard InChI is InChI=1S/C24H28N4O3/c1-15(2)27-23(29)28-20-13-24(6-9-30-10-7-24)31-21-4-3-16(12-19(20)21)18-11-17-5-8-25-22(17)26-14-18/h3-5,8,11-12,14-15,20H,6-7,9-10,13H2,1-2H3,(H,25,26)(H2,27,28,29). The van der Waals surface area contributed by atoms with Gasteiger partial charge in [0.15, 0.2) is 0 Å². The number of benzene rings is 1. The molecule has 5 rings (SSSR count). The number of aromatic nitrogens is 2. The van der Waals surface area contributed by atoms with E-state index in [0.29, 0.717) is 13.2 Å². The van der Waals surface area contributed by atoms with Crippen LogP contribution in [0.3, 0.4) is 0 Å². The minimum absolute atomic E-state index is 0.0711. The molecule has 1 unspecified atom stereocenters. The number of H-pyrrole nitrogens is 1. The first-order chi connectivity index (χ1) is 15.0. The molecule has 0 radical (unpaired) electrons. The maximum Gasteiger partial charge on any atom is 0.315 e. The van der Waals surface area contributed by atoms with E-state index in [-0.39, 0.29) is 23.7 Å². The monoisotopic (exact) mass is 420 g/mol. The zero-order valence-corrected chi connectivity index (χ0v) is 17.9. The molecule has 4 heterocycles. The summed E-state index contributed by atoms with van der Waals surface area (Å²) >= 11 is 0. The second-order valence-corrected chi connectivity index (χ2v) is 8.82. The van der Waals surface area contributed by atoms with Gasteiger partial charge in [0.25, 0.3) is 0 Å². The van der Waals surface area contributed by atoms with Crippen LogP contribution in [0.1, 0.15) is 44.7 Å². The molecule has 1 fully saturated rings. The van der Waals surface area contributed by atoms with Gasteiger partial charge in [0, 0.05) is 54.2 Å². The van der Waals surface area contributed by atoms with E-state index in [2.05, 4.69) is 38.8 Å². The highest BCUT2D eigenvalue weighted by Crippen LogP contribution is 2.45. The maximum atomic E-state index is 12.6. The number of carbonyl (C=O) groups is 1. The summed E-state index contributed by atoms with van der Waals surface area (Å²) in [6.07, 6.45) is 6.15. The Hall–Kier alpha value is -3.06. The highest BCUT2D eigenvalue weighted by atomic mass is 16.5. The fraction of sp³-hybridized carbons (Fsp3) is 0.417. The highest BCUT2D eigenvalue weighted by Gasteiger charge is 2.43. The zero-order chi connectivity index (χ0) is 21.4. The number of nitrogens with zero attached hydrogens (tertiary/aromatic N) is 1. The van der Waals surface area contributed by atoms with Gasteiger partial charge in [-0.3, -0.25) is 0 Å². The molecule has 7 nitrogen and oxygen atoms in total. The third-order valence-electron chi connectivity index (χ3n) is 6.15. The van der Waals surface area contributed by atoms with Crippen LogP contribution in [0.2, 0.25) is 0 Å². The van der Waals surface area contributed by atoms with E-state index in [0.717, 1.165) is 52.7 Å². The summed E-state index contributed by atoms with van der Waals surface area (Å²) in [6, 6.07) is 10.1. The van der Waals surface area contributed by atoms with E-state index in [4.69, 9.17) is 9.47 Å². The summed E-state index contributed by atoms with van der Waals surface area (Å²) < 4.78 is 12.1.